The van der Waals surface area contributed by atoms with Crippen LogP contribution in [0.5, 0.6) is 0 Å². The lowest BCUT2D eigenvalue weighted by Gasteiger charge is -2.04. The maximum absolute atomic E-state index is 11.3. The van der Waals surface area contributed by atoms with E-state index in [4.69, 9.17) is 11.6 Å². The second kappa shape index (κ2) is 3.71. The molecule has 0 aliphatic carbocycles. The fraction of sp³-hybridized carbons (Fsp3) is 0.0769. The zero-order valence-electron chi connectivity index (χ0n) is 9.49. The number of aromatic carboxylic acids is 1. The van der Waals surface area contributed by atoms with Crippen LogP contribution >= 0.6 is 11.6 Å². The number of carbonyl (C=O) groups is 1. The lowest BCUT2D eigenvalue weighted by Crippen LogP contribution is -2.02. The highest BCUT2D eigenvalue weighted by molar-refractivity contribution is 6.31. The minimum absolute atomic E-state index is 0.0542. The number of aryl methyl sites for hydroxylation is 1. The monoisotopic (exact) mass is 260 g/mol. The van der Waals surface area contributed by atoms with E-state index in [1.165, 1.54) is 0 Å². The molecule has 0 radical (unpaired) electrons. The standard InChI is InChI=1S/C13H9ClN2O2/c1-6-5-15-11-8-3-2-7(14)4-9(8)16-12(10(6)11)13(17)18/h2-5,15H,1H3,(H,17,18). The Morgan fingerprint density at radius 3 is 2.94 bits per heavy atom. The molecule has 1 aromatic carbocycles. The first-order valence-corrected chi connectivity index (χ1v) is 5.76. The zero-order valence-corrected chi connectivity index (χ0v) is 10.2. The van der Waals surface area contributed by atoms with E-state index in [0.29, 0.717) is 15.9 Å². The highest BCUT2D eigenvalue weighted by Crippen LogP contribution is 2.29. The highest BCUT2D eigenvalue weighted by Gasteiger charge is 2.16. The summed E-state index contributed by atoms with van der Waals surface area (Å²) in [4.78, 5) is 18.6. The van der Waals surface area contributed by atoms with Crippen molar-refractivity contribution in [2.24, 2.45) is 0 Å². The van der Waals surface area contributed by atoms with Crippen molar-refractivity contribution in [3.63, 3.8) is 0 Å². The highest BCUT2D eigenvalue weighted by atomic mass is 35.5. The summed E-state index contributed by atoms with van der Waals surface area (Å²) in [7, 11) is 0. The molecule has 0 saturated heterocycles. The molecule has 2 heterocycles. The number of aromatic nitrogens is 2. The van der Waals surface area contributed by atoms with Gasteiger partial charge >= 0.3 is 5.97 Å². The van der Waals surface area contributed by atoms with Crippen molar-refractivity contribution < 1.29 is 9.90 Å². The number of aromatic amines is 1. The van der Waals surface area contributed by atoms with Crippen LogP contribution < -0.4 is 0 Å². The third-order valence-electron chi connectivity index (χ3n) is 2.98. The van der Waals surface area contributed by atoms with Crippen LogP contribution in [0, 0.1) is 6.92 Å². The molecule has 2 aromatic heterocycles. The maximum Gasteiger partial charge on any atom is 0.355 e. The average molecular weight is 261 g/mol. The number of nitrogens with zero attached hydrogens (tertiary/aromatic N) is 1. The fourth-order valence-corrected chi connectivity index (χ4v) is 2.35. The summed E-state index contributed by atoms with van der Waals surface area (Å²) in [6, 6.07) is 5.27. The van der Waals surface area contributed by atoms with E-state index in [1.807, 2.05) is 13.0 Å². The summed E-state index contributed by atoms with van der Waals surface area (Å²) in [5.74, 6) is -1.04. The molecule has 3 rings (SSSR count). The molecule has 0 aliphatic rings. The van der Waals surface area contributed by atoms with Gasteiger partial charge in [0.25, 0.3) is 0 Å². The Morgan fingerprint density at radius 2 is 2.22 bits per heavy atom. The molecule has 90 valence electrons. The van der Waals surface area contributed by atoms with E-state index >= 15 is 0 Å². The molecule has 5 heteroatoms. The minimum atomic E-state index is -1.04. The third-order valence-corrected chi connectivity index (χ3v) is 3.21. The summed E-state index contributed by atoms with van der Waals surface area (Å²) in [6.07, 6.45) is 1.78. The summed E-state index contributed by atoms with van der Waals surface area (Å²) in [5.41, 5.74) is 2.28. The van der Waals surface area contributed by atoms with Gasteiger partial charge in [-0.15, -0.1) is 0 Å². The Balaban J connectivity index is 2.58. The maximum atomic E-state index is 11.3. The van der Waals surface area contributed by atoms with Crippen LogP contribution in [0.25, 0.3) is 21.8 Å². The van der Waals surface area contributed by atoms with Gasteiger partial charge in [0.15, 0.2) is 5.69 Å². The van der Waals surface area contributed by atoms with Crippen LogP contribution in [-0.2, 0) is 0 Å². The van der Waals surface area contributed by atoms with Gasteiger partial charge in [0, 0.05) is 22.0 Å². The van der Waals surface area contributed by atoms with Gasteiger partial charge in [-0.2, -0.15) is 0 Å². The molecule has 0 aliphatic heterocycles. The zero-order chi connectivity index (χ0) is 12.9. The molecule has 0 amide bonds. The van der Waals surface area contributed by atoms with Gasteiger partial charge in [-0.1, -0.05) is 11.6 Å². The Hall–Kier alpha value is -2.07. The number of rotatable bonds is 1. The molecule has 0 bridgehead atoms. The number of hydrogen-bond donors (Lipinski definition) is 2. The lowest BCUT2D eigenvalue weighted by atomic mass is 10.1. The number of pyridine rings is 1. The van der Waals surface area contributed by atoms with Crippen molar-refractivity contribution in [3.05, 3.63) is 40.7 Å². The minimum Gasteiger partial charge on any atom is -0.476 e. The first-order chi connectivity index (χ1) is 8.58. The van der Waals surface area contributed by atoms with Gasteiger partial charge < -0.3 is 10.1 Å². The predicted molar refractivity (Wildman–Crippen MR) is 70.3 cm³/mol. The van der Waals surface area contributed by atoms with Crippen LogP contribution in [0.4, 0.5) is 0 Å². The molecule has 0 unspecified atom stereocenters. The summed E-state index contributed by atoms with van der Waals surface area (Å²) < 4.78 is 0. The topological polar surface area (TPSA) is 66.0 Å². The van der Waals surface area contributed by atoms with Crippen molar-refractivity contribution in [1.82, 2.24) is 9.97 Å². The van der Waals surface area contributed by atoms with E-state index in [2.05, 4.69) is 9.97 Å². The Morgan fingerprint density at radius 1 is 1.44 bits per heavy atom. The number of carboxylic acids is 1. The Labute approximate surface area is 107 Å². The summed E-state index contributed by atoms with van der Waals surface area (Å²) >= 11 is 5.91. The predicted octanol–water partition coefficient (Wildman–Crippen LogP) is 3.38. The smallest absolute Gasteiger partial charge is 0.355 e. The van der Waals surface area contributed by atoms with Gasteiger partial charge in [0.1, 0.15) is 0 Å². The molecule has 2 N–H and O–H groups in total. The number of fused-ring (bicyclic) bond motifs is 3. The SMILES string of the molecule is Cc1c[nH]c2c1c(C(=O)O)nc1cc(Cl)ccc12. The van der Waals surface area contributed by atoms with Crippen LogP contribution in [0.3, 0.4) is 0 Å². The number of hydrogen-bond acceptors (Lipinski definition) is 2. The van der Waals surface area contributed by atoms with Gasteiger partial charge in [0.05, 0.1) is 11.0 Å². The van der Waals surface area contributed by atoms with Gasteiger partial charge in [-0.25, -0.2) is 9.78 Å². The van der Waals surface area contributed by atoms with E-state index in [0.717, 1.165) is 16.5 Å². The molecule has 3 aromatic rings. The van der Waals surface area contributed by atoms with E-state index in [1.54, 1.807) is 18.3 Å². The van der Waals surface area contributed by atoms with E-state index in [-0.39, 0.29) is 5.69 Å². The summed E-state index contributed by atoms with van der Waals surface area (Å²) in [6.45, 7) is 1.86. The second-order valence-electron chi connectivity index (χ2n) is 4.15. The van der Waals surface area contributed by atoms with Gasteiger partial charge in [0.2, 0.25) is 0 Å². The normalized spacial score (nSPS) is 11.2. The fourth-order valence-electron chi connectivity index (χ4n) is 2.18. The van der Waals surface area contributed by atoms with Crippen molar-refractivity contribution in [3.8, 4) is 0 Å². The van der Waals surface area contributed by atoms with Crippen LogP contribution in [-0.4, -0.2) is 21.0 Å². The van der Waals surface area contributed by atoms with Crippen molar-refractivity contribution in [2.45, 2.75) is 6.92 Å². The summed E-state index contributed by atoms with van der Waals surface area (Å²) in [5, 5.41) is 11.3. The molecular formula is C13H9ClN2O2. The molecule has 4 nitrogen and oxygen atoms in total. The van der Waals surface area contributed by atoms with E-state index < -0.39 is 5.97 Å². The van der Waals surface area contributed by atoms with E-state index in [9.17, 15) is 9.90 Å². The molecular weight excluding hydrogens is 252 g/mol. The van der Waals surface area contributed by atoms with Crippen LogP contribution in [0.2, 0.25) is 5.02 Å². The number of benzene rings is 1. The molecule has 18 heavy (non-hydrogen) atoms. The third kappa shape index (κ3) is 1.46. The quantitative estimate of drug-likeness (QED) is 0.705. The van der Waals surface area contributed by atoms with Gasteiger partial charge in [-0.3, -0.25) is 0 Å². The number of halogens is 1. The Kier molecular flexibility index (Phi) is 2.28. The van der Waals surface area contributed by atoms with Gasteiger partial charge in [-0.05, 0) is 30.7 Å². The van der Waals surface area contributed by atoms with Crippen molar-refractivity contribution >= 4 is 39.4 Å². The number of H-pyrrole nitrogens is 1. The number of carboxylic acid groups (broad SMARTS) is 1. The second-order valence-corrected chi connectivity index (χ2v) is 4.59. The molecule has 0 spiro atoms. The Bertz CT molecular complexity index is 792. The van der Waals surface area contributed by atoms with Crippen molar-refractivity contribution in [2.75, 3.05) is 0 Å². The largest absolute Gasteiger partial charge is 0.476 e. The molecule has 0 saturated carbocycles. The van der Waals surface area contributed by atoms with Crippen molar-refractivity contribution in [1.29, 1.82) is 0 Å². The average Bonchev–Trinajstić information content (AvgIpc) is 2.70. The van der Waals surface area contributed by atoms with Crippen LogP contribution in [0.15, 0.2) is 24.4 Å². The lowest BCUT2D eigenvalue weighted by molar-refractivity contribution is 0.0693. The first-order valence-electron chi connectivity index (χ1n) is 5.38. The van der Waals surface area contributed by atoms with Crippen LogP contribution in [0.1, 0.15) is 16.1 Å². The number of nitrogens with one attached hydrogen (secondary N) is 1. The first kappa shape index (κ1) is 11.0. The molecule has 0 atom stereocenters. The molecule has 0 fully saturated rings.